The number of nitrogen functional groups attached to an aromatic ring is 1. The maximum absolute atomic E-state index is 12.4. The van der Waals surface area contributed by atoms with Crippen molar-refractivity contribution in [3.8, 4) is 5.75 Å². The molecule has 1 aliphatic carbocycles. The molecule has 5 nitrogen and oxygen atoms in total. The molecule has 2 unspecified atom stereocenters. The lowest BCUT2D eigenvalue weighted by Gasteiger charge is -2.30. The third-order valence-electron chi connectivity index (χ3n) is 4.42. The number of hydrogen-bond acceptors (Lipinski definition) is 4. The molecule has 2 rings (SSSR count). The van der Waals surface area contributed by atoms with Gasteiger partial charge in [-0.25, -0.2) is 0 Å². The fourth-order valence-electron chi connectivity index (χ4n) is 2.51. The summed E-state index contributed by atoms with van der Waals surface area (Å²) < 4.78 is 5.25. The van der Waals surface area contributed by atoms with Crippen molar-refractivity contribution in [2.75, 3.05) is 25.2 Å². The largest absolute Gasteiger partial charge is 0.495 e. The number of amides is 1. The van der Waals surface area contributed by atoms with E-state index >= 15 is 0 Å². The van der Waals surface area contributed by atoms with Crippen LogP contribution in [0.3, 0.4) is 0 Å². The van der Waals surface area contributed by atoms with Gasteiger partial charge in [-0.05, 0) is 57.9 Å². The van der Waals surface area contributed by atoms with E-state index in [1.54, 1.807) is 25.3 Å². The van der Waals surface area contributed by atoms with Crippen molar-refractivity contribution in [2.45, 2.75) is 38.8 Å². The Morgan fingerprint density at radius 1 is 1.43 bits per heavy atom. The molecule has 1 fully saturated rings. The van der Waals surface area contributed by atoms with Crippen molar-refractivity contribution in [1.29, 1.82) is 0 Å². The third kappa shape index (κ3) is 3.67. The van der Waals surface area contributed by atoms with Crippen LogP contribution >= 0.6 is 0 Å². The summed E-state index contributed by atoms with van der Waals surface area (Å²) >= 11 is 0. The average Bonchev–Trinajstić information content (AvgIpc) is 3.29. The van der Waals surface area contributed by atoms with Crippen LogP contribution in [-0.2, 0) is 4.79 Å². The van der Waals surface area contributed by atoms with Crippen LogP contribution < -0.4 is 15.8 Å². The van der Waals surface area contributed by atoms with E-state index in [1.165, 1.54) is 12.8 Å². The number of nitrogens with zero attached hydrogens (tertiary/aromatic N) is 1. The lowest BCUT2D eigenvalue weighted by Crippen LogP contribution is -2.45. The van der Waals surface area contributed by atoms with Gasteiger partial charge in [-0.15, -0.1) is 0 Å². The number of rotatable bonds is 6. The van der Waals surface area contributed by atoms with Crippen molar-refractivity contribution < 1.29 is 9.53 Å². The molecule has 2 atom stereocenters. The van der Waals surface area contributed by atoms with Crippen LogP contribution in [0.5, 0.6) is 5.75 Å². The zero-order valence-corrected chi connectivity index (χ0v) is 13.2. The maximum Gasteiger partial charge on any atom is 0.241 e. The molecule has 1 aliphatic rings. The summed E-state index contributed by atoms with van der Waals surface area (Å²) in [5.74, 6) is 1.30. The Labute approximate surface area is 126 Å². The van der Waals surface area contributed by atoms with Crippen molar-refractivity contribution in [2.24, 2.45) is 5.92 Å². The van der Waals surface area contributed by atoms with E-state index in [2.05, 4.69) is 17.1 Å². The number of likely N-dealkylation sites (N-methyl/N-ethyl adjacent to an activating group) is 1. The number of carbonyl (C=O) groups excluding carboxylic acids is 1. The lowest BCUT2D eigenvalue weighted by atomic mass is 10.1. The second kappa shape index (κ2) is 6.35. The van der Waals surface area contributed by atoms with E-state index in [4.69, 9.17) is 10.5 Å². The Bertz CT molecular complexity index is 514. The maximum atomic E-state index is 12.4. The number of carbonyl (C=O) groups is 1. The van der Waals surface area contributed by atoms with Crippen LogP contribution in [0.15, 0.2) is 18.2 Å². The topological polar surface area (TPSA) is 67.6 Å². The van der Waals surface area contributed by atoms with Gasteiger partial charge in [0.25, 0.3) is 0 Å². The van der Waals surface area contributed by atoms with Crippen LogP contribution in [0, 0.1) is 5.92 Å². The molecule has 1 aromatic rings. The Hall–Kier alpha value is -1.75. The first-order valence-corrected chi connectivity index (χ1v) is 7.40. The van der Waals surface area contributed by atoms with Crippen LogP contribution in [0.2, 0.25) is 0 Å². The molecule has 3 N–H and O–H groups in total. The zero-order valence-electron chi connectivity index (χ0n) is 13.2. The Balaban J connectivity index is 2.04. The van der Waals surface area contributed by atoms with Crippen LogP contribution in [0.4, 0.5) is 11.4 Å². The molecule has 0 saturated heterocycles. The highest BCUT2D eigenvalue weighted by molar-refractivity contribution is 5.96. The predicted molar refractivity (Wildman–Crippen MR) is 85.4 cm³/mol. The van der Waals surface area contributed by atoms with Gasteiger partial charge in [0.1, 0.15) is 5.75 Å². The highest BCUT2D eigenvalue weighted by Gasteiger charge is 2.34. The van der Waals surface area contributed by atoms with Crippen LogP contribution in [-0.4, -0.2) is 37.0 Å². The summed E-state index contributed by atoms with van der Waals surface area (Å²) in [6.45, 7) is 4.11. The highest BCUT2D eigenvalue weighted by Crippen LogP contribution is 2.35. The van der Waals surface area contributed by atoms with Gasteiger partial charge in [0.15, 0.2) is 0 Å². The number of hydrogen-bond donors (Lipinski definition) is 2. The van der Waals surface area contributed by atoms with Crippen molar-refractivity contribution >= 4 is 17.3 Å². The van der Waals surface area contributed by atoms with Gasteiger partial charge in [0.2, 0.25) is 5.91 Å². The minimum atomic E-state index is -0.202. The Morgan fingerprint density at radius 3 is 2.67 bits per heavy atom. The van der Waals surface area contributed by atoms with Gasteiger partial charge in [0.05, 0.1) is 18.8 Å². The predicted octanol–water partition coefficient (Wildman–Crippen LogP) is 2.33. The van der Waals surface area contributed by atoms with Crippen molar-refractivity contribution in [1.82, 2.24) is 4.90 Å². The molecular formula is C16H25N3O2. The summed E-state index contributed by atoms with van der Waals surface area (Å²) in [7, 11) is 3.58. The number of ether oxygens (including phenoxy) is 1. The monoisotopic (exact) mass is 291 g/mol. The second-order valence-electron chi connectivity index (χ2n) is 5.87. The first kappa shape index (κ1) is 15.6. The molecule has 0 aromatic heterocycles. The van der Waals surface area contributed by atoms with E-state index in [0.29, 0.717) is 23.2 Å². The van der Waals surface area contributed by atoms with Crippen molar-refractivity contribution in [3.05, 3.63) is 18.2 Å². The summed E-state index contributed by atoms with van der Waals surface area (Å²) in [6.07, 6.45) is 2.53. The molecule has 5 heteroatoms. The zero-order chi connectivity index (χ0) is 15.6. The molecule has 0 aliphatic heterocycles. The molecule has 1 saturated carbocycles. The van der Waals surface area contributed by atoms with E-state index in [0.717, 1.165) is 5.92 Å². The Kier molecular flexibility index (Phi) is 4.73. The van der Waals surface area contributed by atoms with Crippen molar-refractivity contribution in [3.63, 3.8) is 0 Å². The number of methoxy groups -OCH3 is 1. The highest BCUT2D eigenvalue weighted by atomic mass is 16.5. The number of nitrogens with two attached hydrogens (primary N) is 1. The van der Waals surface area contributed by atoms with Gasteiger partial charge in [0, 0.05) is 11.7 Å². The van der Waals surface area contributed by atoms with E-state index < -0.39 is 0 Å². The van der Waals surface area contributed by atoms with E-state index in [1.807, 2.05) is 14.0 Å². The molecule has 0 heterocycles. The molecule has 0 spiro atoms. The van der Waals surface area contributed by atoms with Gasteiger partial charge in [-0.3, -0.25) is 9.69 Å². The fraction of sp³-hybridized carbons (Fsp3) is 0.562. The lowest BCUT2D eigenvalue weighted by molar-refractivity contribution is -0.121. The van der Waals surface area contributed by atoms with Crippen LogP contribution in [0.1, 0.15) is 26.7 Å². The van der Waals surface area contributed by atoms with Gasteiger partial charge >= 0.3 is 0 Å². The molecule has 1 aromatic carbocycles. The van der Waals surface area contributed by atoms with E-state index in [9.17, 15) is 4.79 Å². The SMILES string of the molecule is COc1ccc(N)cc1NC(=O)C(C)N(C)C(C)C1CC1. The first-order chi connectivity index (χ1) is 9.93. The van der Waals surface area contributed by atoms with Crippen LogP contribution in [0.25, 0.3) is 0 Å². The minimum Gasteiger partial charge on any atom is -0.495 e. The molecule has 21 heavy (non-hydrogen) atoms. The summed E-state index contributed by atoms with van der Waals surface area (Å²) in [4.78, 5) is 14.6. The number of anilines is 2. The molecule has 0 bridgehead atoms. The molecule has 1 amide bonds. The van der Waals surface area contributed by atoms with E-state index in [-0.39, 0.29) is 11.9 Å². The average molecular weight is 291 g/mol. The molecular weight excluding hydrogens is 266 g/mol. The normalized spacial score (nSPS) is 17.4. The minimum absolute atomic E-state index is 0.0473. The number of nitrogens with one attached hydrogen (secondary N) is 1. The third-order valence-corrected chi connectivity index (χ3v) is 4.42. The number of benzene rings is 1. The molecule has 116 valence electrons. The summed E-state index contributed by atoms with van der Waals surface area (Å²) in [5.41, 5.74) is 6.98. The van der Waals surface area contributed by atoms with Gasteiger partial charge < -0.3 is 15.8 Å². The fourth-order valence-corrected chi connectivity index (χ4v) is 2.51. The standard InChI is InChI=1S/C16H25N3O2/c1-10(12-5-6-12)19(3)11(2)16(20)18-14-9-13(17)7-8-15(14)21-4/h7-12H,5-6,17H2,1-4H3,(H,18,20). The summed E-state index contributed by atoms with van der Waals surface area (Å²) in [5, 5.41) is 2.91. The quantitative estimate of drug-likeness (QED) is 0.789. The first-order valence-electron chi connectivity index (χ1n) is 7.40. The second-order valence-corrected chi connectivity index (χ2v) is 5.87. The summed E-state index contributed by atoms with van der Waals surface area (Å²) in [6, 6.07) is 5.44. The van der Waals surface area contributed by atoms with Gasteiger partial charge in [-0.1, -0.05) is 0 Å². The Morgan fingerprint density at radius 2 is 2.10 bits per heavy atom. The van der Waals surface area contributed by atoms with Gasteiger partial charge in [-0.2, -0.15) is 0 Å². The smallest absolute Gasteiger partial charge is 0.241 e. The molecule has 0 radical (unpaired) electrons.